The van der Waals surface area contributed by atoms with Crippen molar-refractivity contribution in [1.82, 2.24) is 9.88 Å². The number of aliphatic hydroxyl groups is 1. The van der Waals surface area contributed by atoms with Crippen LogP contribution in [0.2, 0.25) is 0 Å². The lowest BCUT2D eigenvalue weighted by Gasteiger charge is -2.18. The first-order valence-electron chi connectivity index (χ1n) is 8.09. The van der Waals surface area contributed by atoms with E-state index < -0.39 is 0 Å². The minimum atomic E-state index is -0.182. The van der Waals surface area contributed by atoms with Gasteiger partial charge in [-0.25, -0.2) is 4.98 Å². The molecule has 132 valence electrons. The Morgan fingerprint density at radius 3 is 2.88 bits per heavy atom. The number of aromatic nitrogens is 1. The molecule has 0 unspecified atom stereocenters. The molecular formula is C18H20N2O3S2. The van der Waals surface area contributed by atoms with Crippen LogP contribution in [0.4, 0.5) is 0 Å². The van der Waals surface area contributed by atoms with Crippen LogP contribution in [0, 0.1) is 6.92 Å². The molecule has 2 heterocycles. The monoisotopic (exact) mass is 376 g/mol. The van der Waals surface area contributed by atoms with Crippen LogP contribution in [0.1, 0.15) is 28.7 Å². The van der Waals surface area contributed by atoms with Crippen LogP contribution in [0.5, 0.6) is 0 Å². The maximum Gasteiger partial charge on any atom is 0.290 e. The third kappa shape index (κ3) is 3.89. The summed E-state index contributed by atoms with van der Waals surface area (Å²) < 4.78 is 6.86. The summed E-state index contributed by atoms with van der Waals surface area (Å²) in [4.78, 5) is 18.9. The molecule has 2 aromatic heterocycles. The average molecular weight is 377 g/mol. The normalized spacial score (nSPS) is 11.2. The van der Waals surface area contributed by atoms with Crippen molar-refractivity contribution in [2.75, 3.05) is 19.7 Å². The molecule has 0 saturated carbocycles. The number of aryl methyl sites for hydroxylation is 1. The molecule has 0 fully saturated rings. The second-order valence-electron chi connectivity index (χ2n) is 5.56. The van der Waals surface area contributed by atoms with Gasteiger partial charge in [0.2, 0.25) is 0 Å². The number of amides is 1. The van der Waals surface area contributed by atoms with E-state index in [1.165, 1.54) is 0 Å². The second kappa shape index (κ2) is 8.03. The van der Waals surface area contributed by atoms with Gasteiger partial charge in [-0.1, -0.05) is 30.0 Å². The zero-order chi connectivity index (χ0) is 17.8. The summed E-state index contributed by atoms with van der Waals surface area (Å²) in [5.41, 5.74) is 2.59. The van der Waals surface area contributed by atoms with Gasteiger partial charge in [-0.3, -0.25) is 4.79 Å². The van der Waals surface area contributed by atoms with Gasteiger partial charge in [0.15, 0.2) is 5.76 Å². The molecule has 5 nitrogen and oxygen atoms in total. The van der Waals surface area contributed by atoms with E-state index in [4.69, 9.17) is 4.42 Å². The second-order valence-corrected chi connectivity index (χ2v) is 7.64. The van der Waals surface area contributed by atoms with Crippen molar-refractivity contribution in [2.24, 2.45) is 0 Å². The lowest BCUT2D eigenvalue weighted by molar-refractivity contribution is 0.0701. The lowest BCUT2D eigenvalue weighted by Crippen LogP contribution is -2.33. The molecule has 3 aromatic rings. The first-order valence-corrected chi connectivity index (χ1v) is 9.96. The summed E-state index contributed by atoms with van der Waals surface area (Å²) in [5, 5.41) is 12.2. The molecular weight excluding hydrogens is 356 g/mol. The van der Waals surface area contributed by atoms with Gasteiger partial charge in [0.1, 0.15) is 9.92 Å². The van der Waals surface area contributed by atoms with Gasteiger partial charge in [0, 0.05) is 40.9 Å². The van der Waals surface area contributed by atoms with Crippen LogP contribution >= 0.6 is 23.1 Å². The van der Waals surface area contributed by atoms with Crippen LogP contribution in [0.15, 0.2) is 38.4 Å². The number of hydrogen-bond donors (Lipinski definition) is 1. The third-order valence-electron chi connectivity index (χ3n) is 3.87. The van der Waals surface area contributed by atoms with Crippen molar-refractivity contribution in [1.29, 1.82) is 0 Å². The van der Waals surface area contributed by atoms with Gasteiger partial charge < -0.3 is 14.4 Å². The molecule has 0 atom stereocenters. The zero-order valence-corrected chi connectivity index (χ0v) is 15.8. The molecule has 25 heavy (non-hydrogen) atoms. The first-order chi connectivity index (χ1) is 12.1. The largest absolute Gasteiger partial charge is 0.451 e. The van der Waals surface area contributed by atoms with Crippen molar-refractivity contribution in [3.8, 4) is 0 Å². The van der Waals surface area contributed by atoms with Gasteiger partial charge >= 0.3 is 0 Å². The standard InChI is InChI=1S/C18H20N2O3S2/c1-3-20(8-9-21)17(22)16-14(11-25-18-19-12(2)10-24-18)13-6-4-5-7-15(13)23-16/h4-7,10,21H,3,8-9,11H2,1-2H3. The fourth-order valence-electron chi connectivity index (χ4n) is 2.62. The molecule has 0 radical (unpaired) electrons. The molecule has 0 aliphatic carbocycles. The Hall–Kier alpha value is -1.83. The van der Waals surface area contributed by atoms with Crippen molar-refractivity contribution in [3.63, 3.8) is 0 Å². The summed E-state index contributed by atoms with van der Waals surface area (Å²) in [5.74, 6) is 0.790. The fraction of sp³-hybridized carbons (Fsp3) is 0.333. The van der Waals surface area contributed by atoms with Crippen molar-refractivity contribution < 1.29 is 14.3 Å². The van der Waals surface area contributed by atoms with E-state index in [1.54, 1.807) is 28.0 Å². The van der Waals surface area contributed by atoms with Crippen LogP contribution in [-0.2, 0) is 5.75 Å². The number of benzene rings is 1. The number of thiazole rings is 1. The fourth-order valence-corrected chi connectivity index (χ4v) is 4.49. The average Bonchev–Trinajstić information content (AvgIpc) is 3.20. The van der Waals surface area contributed by atoms with Crippen LogP contribution in [-0.4, -0.2) is 40.6 Å². The van der Waals surface area contributed by atoms with Crippen molar-refractivity contribution >= 4 is 40.0 Å². The van der Waals surface area contributed by atoms with E-state index in [0.29, 0.717) is 30.2 Å². The van der Waals surface area contributed by atoms with E-state index in [1.807, 2.05) is 43.5 Å². The van der Waals surface area contributed by atoms with Crippen LogP contribution in [0.3, 0.4) is 0 Å². The summed E-state index contributed by atoms with van der Waals surface area (Å²) in [6.07, 6.45) is 0. The molecule has 1 amide bonds. The molecule has 7 heteroatoms. The molecule has 0 bridgehead atoms. The smallest absolute Gasteiger partial charge is 0.290 e. The molecule has 1 aromatic carbocycles. The van der Waals surface area contributed by atoms with Gasteiger partial charge in [-0.15, -0.1) is 11.3 Å². The zero-order valence-electron chi connectivity index (χ0n) is 14.2. The van der Waals surface area contributed by atoms with E-state index in [2.05, 4.69) is 4.98 Å². The molecule has 3 rings (SSSR count). The predicted molar refractivity (Wildman–Crippen MR) is 101 cm³/mol. The number of fused-ring (bicyclic) bond motifs is 1. The van der Waals surface area contributed by atoms with Gasteiger partial charge in [-0.05, 0) is 19.9 Å². The SMILES string of the molecule is CCN(CCO)C(=O)c1oc2ccccc2c1CSc1nc(C)cs1. The highest BCUT2D eigenvalue weighted by Crippen LogP contribution is 2.33. The number of likely N-dealkylation sites (N-methyl/N-ethyl adjacent to an activating group) is 1. The number of carbonyl (C=O) groups excluding carboxylic acids is 1. The maximum absolute atomic E-state index is 12.9. The number of carbonyl (C=O) groups is 1. The minimum Gasteiger partial charge on any atom is -0.451 e. The summed E-state index contributed by atoms with van der Waals surface area (Å²) in [6, 6.07) is 7.68. The number of aliphatic hydroxyl groups excluding tert-OH is 1. The number of furan rings is 1. The summed E-state index contributed by atoms with van der Waals surface area (Å²) in [7, 11) is 0. The van der Waals surface area contributed by atoms with E-state index in [0.717, 1.165) is 21.0 Å². The van der Waals surface area contributed by atoms with Crippen LogP contribution < -0.4 is 0 Å². The predicted octanol–water partition coefficient (Wildman–Crippen LogP) is 3.94. The lowest BCUT2D eigenvalue weighted by atomic mass is 10.1. The number of hydrogen-bond acceptors (Lipinski definition) is 6. The van der Waals surface area contributed by atoms with Crippen molar-refractivity contribution in [3.05, 3.63) is 46.7 Å². The molecule has 0 saturated heterocycles. The van der Waals surface area contributed by atoms with E-state index >= 15 is 0 Å². The Balaban J connectivity index is 1.95. The third-order valence-corrected chi connectivity index (χ3v) is 6.03. The highest BCUT2D eigenvalue weighted by molar-refractivity contribution is 8.00. The number of nitrogens with zero attached hydrogens (tertiary/aromatic N) is 2. The maximum atomic E-state index is 12.9. The Morgan fingerprint density at radius 2 is 2.20 bits per heavy atom. The molecule has 0 spiro atoms. The highest BCUT2D eigenvalue weighted by Gasteiger charge is 2.24. The van der Waals surface area contributed by atoms with Gasteiger partial charge in [0.05, 0.1) is 6.61 Å². The number of thioether (sulfide) groups is 1. The van der Waals surface area contributed by atoms with E-state index in [-0.39, 0.29) is 12.5 Å². The minimum absolute atomic E-state index is 0.0672. The van der Waals surface area contributed by atoms with Crippen LogP contribution in [0.25, 0.3) is 11.0 Å². The molecule has 0 aliphatic rings. The van der Waals surface area contributed by atoms with Crippen molar-refractivity contribution in [2.45, 2.75) is 23.9 Å². The Labute approximate surface area is 154 Å². The quantitative estimate of drug-likeness (QED) is 0.633. The first kappa shape index (κ1) is 18.0. The molecule has 1 N–H and O–H groups in total. The van der Waals surface area contributed by atoms with Gasteiger partial charge in [-0.2, -0.15) is 0 Å². The van der Waals surface area contributed by atoms with E-state index in [9.17, 15) is 9.90 Å². The topological polar surface area (TPSA) is 66.6 Å². The highest BCUT2D eigenvalue weighted by atomic mass is 32.2. The Bertz CT molecular complexity index is 872. The Morgan fingerprint density at radius 1 is 1.40 bits per heavy atom. The summed E-state index contributed by atoms with van der Waals surface area (Å²) in [6.45, 7) is 4.61. The Kier molecular flexibility index (Phi) is 5.78. The number of para-hydroxylation sites is 1. The summed E-state index contributed by atoms with van der Waals surface area (Å²) >= 11 is 3.21. The van der Waals surface area contributed by atoms with Gasteiger partial charge in [0.25, 0.3) is 5.91 Å². The number of rotatable bonds is 7. The molecule has 0 aliphatic heterocycles.